The summed E-state index contributed by atoms with van der Waals surface area (Å²) in [6, 6.07) is 8.84. The first-order valence-corrected chi connectivity index (χ1v) is 7.39. The van der Waals surface area contributed by atoms with Crippen LogP contribution in [0.25, 0.3) is 22.5 Å². The van der Waals surface area contributed by atoms with E-state index in [2.05, 4.69) is 9.97 Å². The van der Waals surface area contributed by atoms with Gasteiger partial charge in [-0.15, -0.1) is 0 Å². The summed E-state index contributed by atoms with van der Waals surface area (Å²) in [5, 5.41) is 9.39. The van der Waals surface area contributed by atoms with Crippen molar-refractivity contribution in [2.45, 2.75) is 6.18 Å². The van der Waals surface area contributed by atoms with Crippen molar-refractivity contribution in [3.05, 3.63) is 66.0 Å². The maximum Gasteiger partial charge on any atom is 0.416 e. The molecular formula is C18H12F3N3O2. The van der Waals surface area contributed by atoms with Gasteiger partial charge in [-0.3, -0.25) is 4.98 Å². The Labute approximate surface area is 146 Å². The fourth-order valence-corrected chi connectivity index (χ4v) is 2.43. The van der Waals surface area contributed by atoms with Crippen LogP contribution in [0.1, 0.15) is 15.9 Å². The molecule has 0 aliphatic rings. The van der Waals surface area contributed by atoms with E-state index in [1.54, 1.807) is 12.1 Å². The largest absolute Gasteiger partial charge is 0.478 e. The van der Waals surface area contributed by atoms with E-state index in [9.17, 15) is 23.1 Å². The van der Waals surface area contributed by atoms with E-state index in [1.807, 2.05) is 0 Å². The molecule has 3 N–H and O–H groups in total. The number of carbonyl (C=O) groups is 1. The molecule has 0 saturated carbocycles. The molecule has 0 spiro atoms. The lowest BCUT2D eigenvalue weighted by Crippen LogP contribution is -2.07. The first kappa shape index (κ1) is 17.4. The zero-order valence-corrected chi connectivity index (χ0v) is 13.2. The Morgan fingerprint density at radius 3 is 2.31 bits per heavy atom. The highest BCUT2D eigenvalue weighted by atomic mass is 19.4. The summed E-state index contributed by atoms with van der Waals surface area (Å²) in [6.45, 7) is 0. The highest BCUT2D eigenvalue weighted by Gasteiger charge is 2.30. The first-order chi connectivity index (χ1) is 12.3. The molecule has 26 heavy (non-hydrogen) atoms. The molecule has 0 atom stereocenters. The monoisotopic (exact) mass is 359 g/mol. The maximum atomic E-state index is 12.7. The summed E-state index contributed by atoms with van der Waals surface area (Å²) in [7, 11) is 0. The second-order valence-corrected chi connectivity index (χ2v) is 5.44. The van der Waals surface area contributed by atoms with Gasteiger partial charge in [0.2, 0.25) is 0 Å². The number of rotatable bonds is 3. The number of carboxylic acids is 1. The van der Waals surface area contributed by atoms with Gasteiger partial charge in [0.25, 0.3) is 0 Å². The van der Waals surface area contributed by atoms with E-state index >= 15 is 0 Å². The van der Waals surface area contributed by atoms with Crippen molar-refractivity contribution in [3.63, 3.8) is 0 Å². The number of halogens is 3. The average Bonchev–Trinajstić information content (AvgIpc) is 2.62. The van der Waals surface area contributed by atoms with Gasteiger partial charge in [-0.2, -0.15) is 13.2 Å². The van der Waals surface area contributed by atoms with E-state index in [0.717, 1.165) is 12.1 Å². The van der Waals surface area contributed by atoms with Gasteiger partial charge in [0.15, 0.2) is 0 Å². The number of alkyl halides is 3. The number of aromatic nitrogens is 2. The van der Waals surface area contributed by atoms with Gasteiger partial charge >= 0.3 is 12.1 Å². The van der Waals surface area contributed by atoms with Gasteiger partial charge in [0.05, 0.1) is 28.2 Å². The second-order valence-electron chi connectivity index (χ2n) is 5.44. The minimum Gasteiger partial charge on any atom is -0.478 e. The third-order valence-electron chi connectivity index (χ3n) is 3.73. The van der Waals surface area contributed by atoms with Gasteiger partial charge in [0, 0.05) is 23.5 Å². The topological polar surface area (TPSA) is 89.1 Å². The molecule has 0 unspecified atom stereocenters. The summed E-state index contributed by atoms with van der Waals surface area (Å²) in [4.78, 5) is 19.8. The fraction of sp³-hybridized carbons (Fsp3) is 0.0556. The number of hydrogen-bond acceptors (Lipinski definition) is 4. The van der Waals surface area contributed by atoms with E-state index < -0.39 is 17.7 Å². The maximum absolute atomic E-state index is 12.7. The van der Waals surface area contributed by atoms with Crippen molar-refractivity contribution in [3.8, 4) is 22.5 Å². The number of nitrogens with two attached hydrogens (primary N) is 1. The van der Waals surface area contributed by atoms with Crippen LogP contribution < -0.4 is 5.73 Å². The molecule has 0 bridgehead atoms. The van der Waals surface area contributed by atoms with Crippen molar-refractivity contribution in [1.82, 2.24) is 9.97 Å². The molecule has 132 valence electrons. The zero-order chi connectivity index (χ0) is 18.9. The molecular weight excluding hydrogens is 347 g/mol. The van der Waals surface area contributed by atoms with Gasteiger partial charge < -0.3 is 10.8 Å². The van der Waals surface area contributed by atoms with Crippen LogP contribution in [-0.4, -0.2) is 21.0 Å². The number of carboxylic acid groups (broad SMARTS) is 1. The molecule has 5 nitrogen and oxygen atoms in total. The predicted octanol–water partition coefficient (Wildman–Crippen LogP) is 4.11. The smallest absolute Gasteiger partial charge is 0.416 e. The Bertz CT molecular complexity index is 956. The molecule has 8 heteroatoms. The van der Waals surface area contributed by atoms with Crippen molar-refractivity contribution in [2.75, 3.05) is 5.73 Å². The van der Waals surface area contributed by atoms with E-state index in [-0.39, 0.29) is 22.6 Å². The second kappa shape index (κ2) is 6.47. The Hall–Kier alpha value is -3.42. The van der Waals surface area contributed by atoms with E-state index in [1.165, 1.54) is 30.6 Å². The van der Waals surface area contributed by atoms with Crippen molar-refractivity contribution in [1.29, 1.82) is 0 Å². The molecule has 0 aliphatic carbocycles. The number of anilines is 1. The number of aromatic carboxylic acids is 1. The van der Waals surface area contributed by atoms with Gasteiger partial charge in [-0.25, -0.2) is 9.78 Å². The van der Waals surface area contributed by atoms with Crippen LogP contribution in [0.3, 0.4) is 0 Å². The quantitative estimate of drug-likeness (QED) is 0.735. The van der Waals surface area contributed by atoms with Crippen LogP contribution in [0.5, 0.6) is 0 Å². The standard InChI is InChI=1S/C18H12F3N3O2/c19-18(20,21)12-5-3-10(4-6-12)14-8-13(17(25)26)15(22)16(24-14)11-2-1-7-23-9-11/h1-9H,22H2,(H,25,26). The van der Waals surface area contributed by atoms with Crippen LogP contribution in [0.15, 0.2) is 54.9 Å². The summed E-state index contributed by atoms with van der Waals surface area (Å²) < 4.78 is 38.1. The van der Waals surface area contributed by atoms with Crippen LogP contribution in [0.2, 0.25) is 0 Å². The third kappa shape index (κ3) is 3.34. The van der Waals surface area contributed by atoms with Gasteiger partial charge in [-0.1, -0.05) is 12.1 Å². The molecule has 0 saturated heterocycles. The molecule has 0 radical (unpaired) electrons. The Kier molecular flexibility index (Phi) is 4.33. The lowest BCUT2D eigenvalue weighted by molar-refractivity contribution is -0.137. The summed E-state index contributed by atoms with van der Waals surface area (Å²) >= 11 is 0. The average molecular weight is 359 g/mol. The Balaban J connectivity index is 2.16. The molecule has 2 heterocycles. The number of nitrogen functional groups attached to an aromatic ring is 1. The number of nitrogens with zero attached hydrogens (tertiary/aromatic N) is 2. The van der Waals surface area contributed by atoms with Crippen LogP contribution in [0, 0.1) is 0 Å². The van der Waals surface area contributed by atoms with Crippen molar-refractivity contribution in [2.24, 2.45) is 0 Å². The first-order valence-electron chi connectivity index (χ1n) is 7.39. The van der Waals surface area contributed by atoms with Crippen molar-refractivity contribution < 1.29 is 23.1 Å². The molecule has 0 amide bonds. The van der Waals surface area contributed by atoms with E-state index in [4.69, 9.17) is 5.73 Å². The van der Waals surface area contributed by atoms with Gasteiger partial charge in [-0.05, 0) is 30.3 Å². The lowest BCUT2D eigenvalue weighted by Gasteiger charge is -2.12. The predicted molar refractivity (Wildman–Crippen MR) is 89.3 cm³/mol. The fourth-order valence-electron chi connectivity index (χ4n) is 2.43. The minimum atomic E-state index is -4.46. The highest BCUT2D eigenvalue weighted by Crippen LogP contribution is 2.33. The number of hydrogen-bond donors (Lipinski definition) is 2. The van der Waals surface area contributed by atoms with Crippen molar-refractivity contribution >= 4 is 11.7 Å². The molecule has 3 rings (SSSR count). The third-order valence-corrected chi connectivity index (χ3v) is 3.73. The minimum absolute atomic E-state index is 0.0406. The molecule has 1 aromatic carbocycles. The zero-order valence-electron chi connectivity index (χ0n) is 13.2. The summed E-state index contributed by atoms with van der Waals surface area (Å²) in [5.41, 5.74) is 6.13. The number of benzene rings is 1. The number of pyridine rings is 2. The SMILES string of the molecule is Nc1c(C(=O)O)cc(-c2ccc(C(F)(F)F)cc2)nc1-c1cccnc1. The van der Waals surface area contributed by atoms with E-state index in [0.29, 0.717) is 11.1 Å². The Morgan fingerprint density at radius 1 is 1.08 bits per heavy atom. The molecule has 2 aromatic heterocycles. The highest BCUT2D eigenvalue weighted by molar-refractivity contribution is 5.98. The van der Waals surface area contributed by atoms with Crippen LogP contribution in [-0.2, 0) is 6.18 Å². The van der Waals surface area contributed by atoms with Crippen LogP contribution in [0.4, 0.5) is 18.9 Å². The lowest BCUT2D eigenvalue weighted by atomic mass is 10.0. The Morgan fingerprint density at radius 2 is 1.77 bits per heavy atom. The normalized spacial score (nSPS) is 11.3. The van der Waals surface area contributed by atoms with Gasteiger partial charge in [0.1, 0.15) is 0 Å². The molecule has 0 fully saturated rings. The summed E-state index contributed by atoms with van der Waals surface area (Å²) in [6.07, 6.45) is -1.45. The molecule has 0 aliphatic heterocycles. The van der Waals surface area contributed by atoms with Crippen LogP contribution >= 0.6 is 0 Å². The molecule has 3 aromatic rings. The summed E-state index contributed by atoms with van der Waals surface area (Å²) in [5.74, 6) is -1.26.